The smallest absolute Gasteiger partial charge is 0.243 e. The standard InChI is InChI=1S/C8H16N2O3/c1-2-3-6-9-7(11)4-5-8(12)10-13/h13H,2-6H2,1H3,(H,9,11)(H,10,12). The zero-order valence-electron chi connectivity index (χ0n) is 7.80. The van der Waals surface area contributed by atoms with Gasteiger partial charge in [-0.2, -0.15) is 0 Å². The monoisotopic (exact) mass is 188 g/mol. The summed E-state index contributed by atoms with van der Waals surface area (Å²) in [7, 11) is 0. The van der Waals surface area contributed by atoms with Crippen LogP contribution in [-0.2, 0) is 9.59 Å². The highest BCUT2D eigenvalue weighted by molar-refractivity contribution is 5.83. The summed E-state index contributed by atoms with van der Waals surface area (Å²) in [6.45, 7) is 2.68. The number of carbonyl (C=O) groups is 2. The summed E-state index contributed by atoms with van der Waals surface area (Å²) in [4.78, 5) is 21.5. The van der Waals surface area contributed by atoms with Gasteiger partial charge >= 0.3 is 0 Å². The lowest BCUT2D eigenvalue weighted by atomic mass is 10.2. The first-order valence-corrected chi connectivity index (χ1v) is 4.40. The van der Waals surface area contributed by atoms with Gasteiger partial charge in [0.1, 0.15) is 0 Å². The van der Waals surface area contributed by atoms with Gasteiger partial charge in [0.25, 0.3) is 0 Å². The normalized spacial score (nSPS) is 9.38. The number of rotatable bonds is 6. The van der Waals surface area contributed by atoms with E-state index in [1.165, 1.54) is 5.48 Å². The molecule has 0 aliphatic carbocycles. The van der Waals surface area contributed by atoms with Crippen molar-refractivity contribution in [2.45, 2.75) is 32.6 Å². The largest absolute Gasteiger partial charge is 0.356 e. The van der Waals surface area contributed by atoms with Crippen molar-refractivity contribution in [2.75, 3.05) is 6.54 Å². The lowest BCUT2D eigenvalue weighted by molar-refractivity contribution is -0.131. The van der Waals surface area contributed by atoms with Crippen LogP contribution in [0.4, 0.5) is 0 Å². The van der Waals surface area contributed by atoms with Crippen molar-refractivity contribution < 1.29 is 14.8 Å². The third-order valence-corrected chi connectivity index (χ3v) is 1.56. The molecule has 0 atom stereocenters. The molecule has 0 aliphatic rings. The second-order valence-corrected chi connectivity index (χ2v) is 2.74. The molecular weight excluding hydrogens is 172 g/mol. The fourth-order valence-corrected chi connectivity index (χ4v) is 0.776. The van der Waals surface area contributed by atoms with E-state index < -0.39 is 5.91 Å². The van der Waals surface area contributed by atoms with E-state index in [1.54, 1.807) is 0 Å². The van der Waals surface area contributed by atoms with Gasteiger partial charge in [-0.25, -0.2) is 5.48 Å². The molecule has 5 nitrogen and oxygen atoms in total. The Morgan fingerprint density at radius 2 is 1.85 bits per heavy atom. The number of hydroxylamine groups is 1. The molecule has 76 valence electrons. The van der Waals surface area contributed by atoms with Gasteiger partial charge in [0.05, 0.1) is 0 Å². The van der Waals surface area contributed by atoms with Gasteiger partial charge in [-0.1, -0.05) is 13.3 Å². The second-order valence-electron chi connectivity index (χ2n) is 2.74. The Hall–Kier alpha value is -1.10. The topological polar surface area (TPSA) is 78.4 Å². The summed E-state index contributed by atoms with van der Waals surface area (Å²) in [5.41, 5.74) is 1.47. The Morgan fingerprint density at radius 3 is 2.38 bits per heavy atom. The molecule has 0 heterocycles. The summed E-state index contributed by atoms with van der Waals surface area (Å²) in [5, 5.41) is 10.8. The first-order valence-electron chi connectivity index (χ1n) is 4.40. The fraction of sp³-hybridized carbons (Fsp3) is 0.750. The lowest BCUT2D eigenvalue weighted by Crippen LogP contribution is -2.26. The highest BCUT2D eigenvalue weighted by Gasteiger charge is 2.04. The van der Waals surface area contributed by atoms with Crippen molar-refractivity contribution in [2.24, 2.45) is 0 Å². The number of carbonyl (C=O) groups excluding carboxylic acids is 2. The van der Waals surface area contributed by atoms with Gasteiger partial charge in [0.15, 0.2) is 0 Å². The fourth-order valence-electron chi connectivity index (χ4n) is 0.776. The molecule has 0 saturated carbocycles. The first kappa shape index (κ1) is 11.9. The molecule has 0 radical (unpaired) electrons. The van der Waals surface area contributed by atoms with E-state index in [0.29, 0.717) is 6.54 Å². The minimum atomic E-state index is -0.536. The van der Waals surface area contributed by atoms with Crippen molar-refractivity contribution in [3.05, 3.63) is 0 Å². The molecule has 0 aliphatic heterocycles. The predicted octanol–water partition coefficient (Wildman–Crippen LogP) is 0.188. The highest BCUT2D eigenvalue weighted by atomic mass is 16.5. The third kappa shape index (κ3) is 7.27. The predicted molar refractivity (Wildman–Crippen MR) is 47.1 cm³/mol. The first-order chi connectivity index (χ1) is 6.20. The number of nitrogens with one attached hydrogen (secondary N) is 2. The average molecular weight is 188 g/mol. The Kier molecular flexibility index (Phi) is 6.91. The molecule has 0 fully saturated rings. The molecule has 0 unspecified atom stereocenters. The summed E-state index contributed by atoms with van der Waals surface area (Å²) < 4.78 is 0. The Balaban J connectivity index is 3.35. The van der Waals surface area contributed by atoms with Crippen molar-refractivity contribution in [1.82, 2.24) is 10.8 Å². The summed E-state index contributed by atoms with van der Waals surface area (Å²) in [6, 6.07) is 0. The molecule has 5 heteroatoms. The van der Waals surface area contributed by atoms with Gasteiger partial charge in [-0.05, 0) is 6.42 Å². The molecule has 13 heavy (non-hydrogen) atoms. The van der Waals surface area contributed by atoms with Crippen LogP contribution in [0, 0.1) is 0 Å². The molecule has 0 aromatic rings. The molecule has 2 amide bonds. The summed E-state index contributed by atoms with van der Waals surface area (Å²) >= 11 is 0. The maximum Gasteiger partial charge on any atom is 0.243 e. The van der Waals surface area contributed by atoms with E-state index in [2.05, 4.69) is 5.32 Å². The second kappa shape index (κ2) is 7.54. The minimum Gasteiger partial charge on any atom is -0.356 e. The average Bonchev–Trinajstić information content (AvgIpc) is 2.14. The summed E-state index contributed by atoms with van der Waals surface area (Å²) in [5.74, 6) is -0.692. The Bertz CT molecular complexity index is 171. The molecule has 0 spiro atoms. The number of unbranched alkanes of at least 4 members (excludes halogenated alkanes) is 1. The summed E-state index contributed by atoms with van der Waals surface area (Å²) in [6.07, 6.45) is 2.11. The van der Waals surface area contributed by atoms with E-state index in [9.17, 15) is 9.59 Å². The Labute approximate surface area is 77.5 Å². The number of hydrogen-bond acceptors (Lipinski definition) is 3. The van der Waals surface area contributed by atoms with Crippen LogP contribution >= 0.6 is 0 Å². The maximum atomic E-state index is 11.0. The number of hydrogen-bond donors (Lipinski definition) is 3. The zero-order valence-corrected chi connectivity index (χ0v) is 7.80. The highest BCUT2D eigenvalue weighted by Crippen LogP contribution is 1.89. The van der Waals surface area contributed by atoms with E-state index >= 15 is 0 Å². The van der Waals surface area contributed by atoms with Crippen LogP contribution in [0.1, 0.15) is 32.6 Å². The third-order valence-electron chi connectivity index (χ3n) is 1.56. The minimum absolute atomic E-state index is 0.0223. The maximum absolute atomic E-state index is 11.0. The quantitative estimate of drug-likeness (QED) is 0.316. The van der Waals surface area contributed by atoms with Gasteiger partial charge in [-0.3, -0.25) is 14.8 Å². The SMILES string of the molecule is CCCCNC(=O)CCC(=O)NO. The van der Waals surface area contributed by atoms with Gasteiger partial charge in [0.2, 0.25) is 11.8 Å². The van der Waals surface area contributed by atoms with Crippen LogP contribution in [0.2, 0.25) is 0 Å². The van der Waals surface area contributed by atoms with E-state index in [1.807, 2.05) is 6.92 Å². The molecule has 3 N–H and O–H groups in total. The van der Waals surface area contributed by atoms with Crippen LogP contribution in [0.15, 0.2) is 0 Å². The van der Waals surface area contributed by atoms with Crippen molar-refractivity contribution in [3.63, 3.8) is 0 Å². The van der Waals surface area contributed by atoms with Crippen LogP contribution in [0.5, 0.6) is 0 Å². The van der Waals surface area contributed by atoms with Crippen molar-refractivity contribution >= 4 is 11.8 Å². The molecule has 0 aromatic heterocycles. The van der Waals surface area contributed by atoms with Crippen LogP contribution in [0.3, 0.4) is 0 Å². The van der Waals surface area contributed by atoms with Crippen LogP contribution in [0.25, 0.3) is 0 Å². The van der Waals surface area contributed by atoms with Crippen LogP contribution in [-0.4, -0.2) is 23.6 Å². The molecule has 0 bridgehead atoms. The van der Waals surface area contributed by atoms with Crippen LogP contribution < -0.4 is 10.8 Å². The van der Waals surface area contributed by atoms with Gasteiger partial charge < -0.3 is 5.32 Å². The van der Waals surface area contributed by atoms with E-state index in [0.717, 1.165) is 12.8 Å². The van der Waals surface area contributed by atoms with Gasteiger partial charge in [-0.15, -0.1) is 0 Å². The Morgan fingerprint density at radius 1 is 1.23 bits per heavy atom. The molecule has 0 saturated heterocycles. The lowest BCUT2D eigenvalue weighted by Gasteiger charge is -2.02. The van der Waals surface area contributed by atoms with Gasteiger partial charge in [0, 0.05) is 19.4 Å². The van der Waals surface area contributed by atoms with E-state index in [-0.39, 0.29) is 18.7 Å². The molecule has 0 rings (SSSR count). The molecular formula is C8H16N2O3. The van der Waals surface area contributed by atoms with Crippen molar-refractivity contribution in [1.29, 1.82) is 0 Å². The molecule has 0 aromatic carbocycles. The number of amides is 2. The van der Waals surface area contributed by atoms with E-state index in [4.69, 9.17) is 5.21 Å². The van der Waals surface area contributed by atoms with Crippen molar-refractivity contribution in [3.8, 4) is 0 Å². The zero-order chi connectivity index (χ0) is 10.1.